The van der Waals surface area contributed by atoms with Gasteiger partial charge in [-0.2, -0.15) is 0 Å². The zero-order valence-corrected chi connectivity index (χ0v) is 13.0. The lowest BCUT2D eigenvalue weighted by Gasteiger charge is -2.24. The molecule has 0 saturated carbocycles. The van der Waals surface area contributed by atoms with Crippen molar-refractivity contribution >= 4 is 23.1 Å². The van der Waals surface area contributed by atoms with E-state index in [0.29, 0.717) is 12.2 Å². The monoisotopic (exact) mass is 294 g/mol. The molecule has 3 N–H and O–H groups in total. The first-order chi connectivity index (χ1) is 9.36. The van der Waals surface area contributed by atoms with Gasteiger partial charge >= 0.3 is 0 Å². The number of carbonyl (C=O) groups excluding carboxylic acids is 1. The first-order valence-electron chi connectivity index (χ1n) is 6.72. The number of nitrogens with two attached hydrogens (primary N) is 1. The van der Waals surface area contributed by atoms with Crippen LogP contribution in [0.2, 0.25) is 0 Å². The second kappa shape index (κ2) is 7.24. The second-order valence-electron chi connectivity index (χ2n) is 5.17. The zero-order chi connectivity index (χ0) is 15.2. The van der Waals surface area contributed by atoms with Crippen LogP contribution in [0.4, 0.5) is 0 Å². The van der Waals surface area contributed by atoms with Gasteiger partial charge in [0.2, 0.25) is 0 Å². The smallest absolute Gasteiger partial charge is 0.252 e. The highest BCUT2D eigenvalue weighted by Gasteiger charge is 2.24. The van der Waals surface area contributed by atoms with Crippen molar-refractivity contribution in [2.45, 2.75) is 39.2 Å². The summed E-state index contributed by atoms with van der Waals surface area (Å²) in [6.45, 7) is 6.35. The maximum absolute atomic E-state index is 12.1. The summed E-state index contributed by atoms with van der Waals surface area (Å²) in [6, 6.07) is 7.04. The number of carbonyl (C=O) groups is 1. The van der Waals surface area contributed by atoms with Gasteiger partial charge in [0, 0.05) is 5.56 Å². The Kier molecular flexibility index (Phi) is 5.95. The quantitative estimate of drug-likeness (QED) is 0.599. The lowest BCUT2D eigenvalue weighted by atomic mass is 10.0. The van der Waals surface area contributed by atoms with Gasteiger partial charge in [-0.05, 0) is 44.5 Å². The van der Waals surface area contributed by atoms with E-state index in [1.54, 1.807) is 38.1 Å². The third kappa shape index (κ3) is 4.81. The normalized spacial score (nSPS) is 10.9. The van der Waals surface area contributed by atoms with Crippen LogP contribution >= 0.6 is 12.2 Å². The van der Waals surface area contributed by atoms with Crippen molar-refractivity contribution in [2.75, 3.05) is 6.61 Å². The van der Waals surface area contributed by atoms with Crippen molar-refractivity contribution < 1.29 is 9.53 Å². The Morgan fingerprint density at radius 1 is 1.35 bits per heavy atom. The molecular formula is C15H22N2O2S. The molecule has 0 aliphatic carbocycles. The van der Waals surface area contributed by atoms with E-state index in [-0.39, 0.29) is 10.9 Å². The number of nitrogens with one attached hydrogen (secondary N) is 1. The Hall–Kier alpha value is -1.62. The molecule has 0 aliphatic heterocycles. The number of amides is 1. The zero-order valence-electron chi connectivity index (χ0n) is 12.2. The second-order valence-corrected chi connectivity index (χ2v) is 5.61. The van der Waals surface area contributed by atoms with Gasteiger partial charge in [0.15, 0.2) is 0 Å². The summed E-state index contributed by atoms with van der Waals surface area (Å²) in [5.41, 5.74) is 5.43. The summed E-state index contributed by atoms with van der Waals surface area (Å²) in [7, 11) is 0. The molecule has 20 heavy (non-hydrogen) atoms. The molecule has 0 radical (unpaired) electrons. The van der Waals surface area contributed by atoms with Crippen molar-refractivity contribution in [3.05, 3.63) is 29.8 Å². The number of rotatable bonds is 7. The number of hydrogen-bond acceptors (Lipinski definition) is 3. The Balaban J connectivity index is 2.64. The van der Waals surface area contributed by atoms with Crippen LogP contribution in [0.5, 0.6) is 5.75 Å². The van der Waals surface area contributed by atoms with Crippen LogP contribution in [-0.2, 0) is 0 Å². The van der Waals surface area contributed by atoms with E-state index < -0.39 is 5.54 Å². The molecular weight excluding hydrogens is 272 g/mol. The predicted octanol–water partition coefficient (Wildman–Crippen LogP) is 2.66. The molecule has 0 fully saturated rings. The molecule has 0 saturated heterocycles. The SMILES string of the molecule is CCCCOc1ccc(C(=O)NC(C)(C)C(N)=S)cc1. The summed E-state index contributed by atoms with van der Waals surface area (Å²) in [4.78, 5) is 12.3. The molecule has 1 amide bonds. The molecule has 110 valence electrons. The molecule has 0 aromatic heterocycles. The summed E-state index contributed by atoms with van der Waals surface area (Å²) in [5, 5.41) is 2.80. The minimum atomic E-state index is -0.706. The molecule has 1 aromatic carbocycles. The molecule has 0 bridgehead atoms. The van der Waals surface area contributed by atoms with E-state index in [1.807, 2.05) is 0 Å². The minimum Gasteiger partial charge on any atom is -0.494 e. The van der Waals surface area contributed by atoms with Crippen LogP contribution in [0.25, 0.3) is 0 Å². The molecule has 4 nitrogen and oxygen atoms in total. The largest absolute Gasteiger partial charge is 0.494 e. The van der Waals surface area contributed by atoms with E-state index in [4.69, 9.17) is 22.7 Å². The van der Waals surface area contributed by atoms with Crippen LogP contribution in [-0.4, -0.2) is 23.0 Å². The van der Waals surface area contributed by atoms with Gasteiger partial charge in [-0.3, -0.25) is 4.79 Å². The average molecular weight is 294 g/mol. The van der Waals surface area contributed by atoms with Gasteiger partial charge in [0.05, 0.1) is 17.1 Å². The Morgan fingerprint density at radius 2 is 1.95 bits per heavy atom. The van der Waals surface area contributed by atoms with Gasteiger partial charge in [0.25, 0.3) is 5.91 Å². The maximum Gasteiger partial charge on any atom is 0.252 e. The third-order valence-electron chi connectivity index (χ3n) is 2.93. The first-order valence-corrected chi connectivity index (χ1v) is 7.13. The van der Waals surface area contributed by atoms with Crippen molar-refractivity contribution in [2.24, 2.45) is 5.73 Å². The van der Waals surface area contributed by atoms with Gasteiger partial charge < -0.3 is 15.8 Å². The highest BCUT2D eigenvalue weighted by molar-refractivity contribution is 7.80. The van der Waals surface area contributed by atoms with Crippen LogP contribution < -0.4 is 15.8 Å². The van der Waals surface area contributed by atoms with E-state index in [2.05, 4.69) is 12.2 Å². The van der Waals surface area contributed by atoms with Crippen LogP contribution in [0.3, 0.4) is 0 Å². The number of thiocarbonyl (C=S) groups is 1. The fraction of sp³-hybridized carbons (Fsp3) is 0.467. The lowest BCUT2D eigenvalue weighted by molar-refractivity contribution is 0.0932. The van der Waals surface area contributed by atoms with Crippen molar-refractivity contribution in [1.29, 1.82) is 0 Å². The van der Waals surface area contributed by atoms with Crippen LogP contribution in [0, 0.1) is 0 Å². The van der Waals surface area contributed by atoms with Crippen molar-refractivity contribution in [3.8, 4) is 5.75 Å². The minimum absolute atomic E-state index is 0.206. The molecule has 0 spiro atoms. The fourth-order valence-electron chi connectivity index (χ4n) is 1.45. The number of ether oxygens (including phenoxy) is 1. The van der Waals surface area contributed by atoms with E-state index in [9.17, 15) is 4.79 Å². The molecule has 0 heterocycles. The first kappa shape index (κ1) is 16.4. The summed E-state index contributed by atoms with van der Waals surface area (Å²) in [6.07, 6.45) is 2.11. The molecule has 1 aromatic rings. The summed E-state index contributed by atoms with van der Waals surface area (Å²) < 4.78 is 5.55. The van der Waals surface area contributed by atoms with Gasteiger partial charge in [-0.15, -0.1) is 0 Å². The van der Waals surface area contributed by atoms with E-state index in [0.717, 1.165) is 18.6 Å². The standard InChI is InChI=1S/C15H22N2O2S/c1-4-5-10-19-12-8-6-11(7-9-12)13(18)17-15(2,3)14(16)20/h6-9H,4-5,10H2,1-3H3,(H2,16,20)(H,17,18). The maximum atomic E-state index is 12.1. The summed E-state index contributed by atoms with van der Waals surface area (Å²) in [5.74, 6) is 0.562. The van der Waals surface area contributed by atoms with Crippen molar-refractivity contribution in [3.63, 3.8) is 0 Å². The topological polar surface area (TPSA) is 64.3 Å². The van der Waals surface area contributed by atoms with Crippen LogP contribution in [0.1, 0.15) is 44.0 Å². The predicted molar refractivity (Wildman–Crippen MR) is 85.2 cm³/mol. The molecule has 1 rings (SSSR count). The van der Waals surface area contributed by atoms with Crippen LogP contribution in [0.15, 0.2) is 24.3 Å². The average Bonchev–Trinajstić information content (AvgIpc) is 2.39. The van der Waals surface area contributed by atoms with Gasteiger partial charge in [0.1, 0.15) is 5.75 Å². The molecule has 0 atom stereocenters. The molecule has 0 unspecified atom stereocenters. The van der Waals surface area contributed by atoms with Gasteiger partial charge in [-0.1, -0.05) is 25.6 Å². The fourth-order valence-corrected chi connectivity index (χ4v) is 1.51. The Morgan fingerprint density at radius 3 is 2.45 bits per heavy atom. The highest BCUT2D eigenvalue weighted by Crippen LogP contribution is 2.14. The number of benzene rings is 1. The van der Waals surface area contributed by atoms with E-state index in [1.165, 1.54) is 0 Å². The van der Waals surface area contributed by atoms with Gasteiger partial charge in [-0.25, -0.2) is 0 Å². The number of unbranched alkanes of at least 4 members (excludes halogenated alkanes) is 1. The Labute approximate surface area is 125 Å². The van der Waals surface area contributed by atoms with E-state index >= 15 is 0 Å². The molecule has 5 heteroatoms. The third-order valence-corrected chi connectivity index (χ3v) is 3.44. The highest BCUT2D eigenvalue weighted by atomic mass is 32.1. The lowest BCUT2D eigenvalue weighted by Crippen LogP contribution is -2.52. The number of hydrogen-bond donors (Lipinski definition) is 2. The Bertz CT molecular complexity index is 469. The van der Waals surface area contributed by atoms with Crippen molar-refractivity contribution in [1.82, 2.24) is 5.32 Å². The molecule has 0 aliphatic rings. The summed E-state index contributed by atoms with van der Waals surface area (Å²) >= 11 is 4.92.